The minimum atomic E-state index is 0.103. The molecule has 0 aromatic heterocycles. The molecule has 1 fully saturated rings. The summed E-state index contributed by atoms with van der Waals surface area (Å²) in [4.78, 5) is 16.8. The number of methoxy groups -OCH3 is 1. The van der Waals surface area contributed by atoms with Gasteiger partial charge in [0.1, 0.15) is 5.75 Å². The second-order valence-electron chi connectivity index (χ2n) is 5.97. The standard InChI is InChI=1S/C19H21ClN2O2/c1-14-4-3-5-15(12-14)19(23)22-10-8-21(9-11-22)16-6-7-18(24-2)17(20)13-16/h3-7,12-13H,8-11H2,1-2H3. The third-order valence-electron chi connectivity index (χ3n) is 4.33. The minimum absolute atomic E-state index is 0.103. The number of carbonyl (C=O) groups excluding carboxylic acids is 1. The molecule has 2 aromatic carbocycles. The van der Waals surface area contributed by atoms with Gasteiger partial charge in [0.15, 0.2) is 0 Å². The van der Waals surface area contributed by atoms with E-state index in [2.05, 4.69) is 4.90 Å². The van der Waals surface area contributed by atoms with E-state index in [1.54, 1.807) is 7.11 Å². The Labute approximate surface area is 147 Å². The molecule has 1 amide bonds. The molecule has 0 N–H and O–H groups in total. The van der Waals surface area contributed by atoms with E-state index in [1.807, 2.05) is 54.3 Å². The first-order valence-electron chi connectivity index (χ1n) is 8.03. The van der Waals surface area contributed by atoms with E-state index in [9.17, 15) is 4.79 Å². The third-order valence-corrected chi connectivity index (χ3v) is 4.63. The van der Waals surface area contributed by atoms with Gasteiger partial charge < -0.3 is 14.5 Å². The quantitative estimate of drug-likeness (QED) is 0.852. The SMILES string of the molecule is COc1ccc(N2CCN(C(=O)c3cccc(C)c3)CC2)cc1Cl. The van der Waals surface area contributed by atoms with E-state index in [0.29, 0.717) is 23.9 Å². The molecule has 0 radical (unpaired) electrons. The first-order chi connectivity index (χ1) is 11.6. The Morgan fingerprint density at radius 3 is 2.46 bits per heavy atom. The van der Waals surface area contributed by atoms with Crippen LogP contribution in [-0.4, -0.2) is 44.1 Å². The van der Waals surface area contributed by atoms with Gasteiger partial charge in [0.2, 0.25) is 0 Å². The highest BCUT2D eigenvalue weighted by Crippen LogP contribution is 2.29. The van der Waals surface area contributed by atoms with Gasteiger partial charge in [0.25, 0.3) is 5.91 Å². The van der Waals surface area contributed by atoms with Crippen molar-refractivity contribution in [1.29, 1.82) is 0 Å². The lowest BCUT2D eigenvalue weighted by molar-refractivity contribution is 0.0746. The molecule has 0 unspecified atom stereocenters. The van der Waals surface area contributed by atoms with E-state index >= 15 is 0 Å². The third kappa shape index (κ3) is 3.49. The lowest BCUT2D eigenvalue weighted by atomic mass is 10.1. The van der Waals surface area contributed by atoms with Crippen LogP contribution in [0.4, 0.5) is 5.69 Å². The summed E-state index contributed by atoms with van der Waals surface area (Å²) in [5, 5.41) is 0.605. The van der Waals surface area contributed by atoms with Crippen LogP contribution in [0.15, 0.2) is 42.5 Å². The lowest BCUT2D eigenvalue weighted by Gasteiger charge is -2.36. The van der Waals surface area contributed by atoms with E-state index in [-0.39, 0.29) is 5.91 Å². The van der Waals surface area contributed by atoms with Crippen LogP contribution in [-0.2, 0) is 0 Å². The van der Waals surface area contributed by atoms with Gasteiger partial charge in [-0.05, 0) is 37.3 Å². The molecule has 0 aliphatic carbocycles. The Morgan fingerprint density at radius 2 is 1.83 bits per heavy atom. The lowest BCUT2D eigenvalue weighted by Crippen LogP contribution is -2.48. The largest absolute Gasteiger partial charge is 0.495 e. The molecule has 3 rings (SSSR count). The zero-order valence-electron chi connectivity index (χ0n) is 14.0. The number of anilines is 1. The zero-order chi connectivity index (χ0) is 17.1. The molecule has 5 heteroatoms. The number of piperazine rings is 1. The molecule has 1 saturated heterocycles. The summed E-state index contributed by atoms with van der Waals surface area (Å²) >= 11 is 6.21. The maximum Gasteiger partial charge on any atom is 0.253 e. The van der Waals surface area contributed by atoms with Crippen LogP contribution >= 0.6 is 11.6 Å². The van der Waals surface area contributed by atoms with Crippen LogP contribution in [0.3, 0.4) is 0 Å². The number of ether oxygens (including phenoxy) is 1. The van der Waals surface area contributed by atoms with Crippen LogP contribution in [0, 0.1) is 6.92 Å². The number of aryl methyl sites for hydroxylation is 1. The fourth-order valence-corrected chi connectivity index (χ4v) is 3.23. The highest BCUT2D eigenvalue weighted by Gasteiger charge is 2.22. The van der Waals surface area contributed by atoms with Crippen LogP contribution in [0.25, 0.3) is 0 Å². The van der Waals surface area contributed by atoms with E-state index in [0.717, 1.165) is 29.9 Å². The van der Waals surface area contributed by atoms with Gasteiger partial charge in [-0.15, -0.1) is 0 Å². The number of benzene rings is 2. The van der Waals surface area contributed by atoms with Gasteiger partial charge in [-0.2, -0.15) is 0 Å². The van der Waals surface area contributed by atoms with Crippen molar-refractivity contribution in [3.8, 4) is 5.75 Å². The number of carbonyl (C=O) groups is 1. The van der Waals surface area contributed by atoms with Crippen LogP contribution in [0.1, 0.15) is 15.9 Å². The van der Waals surface area contributed by atoms with Crippen LogP contribution in [0.5, 0.6) is 5.75 Å². The van der Waals surface area contributed by atoms with Gasteiger partial charge in [-0.1, -0.05) is 29.3 Å². The fourth-order valence-electron chi connectivity index (χ4n) is 2.98. The van der Waals surface area contributed by atoms with E-state index in [1.165, 1.54) is 0 Å². The summed E-state index contributed by atoms with van der Waals surface area (Å²) < 4.78 is 5.19. The smallest absolute Gasteiger partial charge is 0.253 e. The van der Waals surface area contributed by atoms with Crippen molar-refractivity contribution < 1.29 is 9.53 Å². The van der Waals surface area contributed by atoms with Crippen molar-refractivity contribution in [1.82, 2.24) is 4.90 Å². The Balaban J connectivity index is 1.65. The molecule has 0 atom stereocenters. The summed E-state index contributed by atoms with van der Waals surface area (Å²) in [5.74, 6) is 0.778. The van der Waals surface area contributed by atoms with Crippen LogP contribution < -0.4 is 9.64 Å². The van der Waals surface area contributed by atoms with Crippen molar-refractivity contribution in [3.63, 3.8) is 0 Å². The van der Waals surface area contributed by atoms with Crippen molar-refractivity contribution in [2.24, 2.45) is 0 Å². The normalized spacial score (nSPS) is 14.6. The average molecular weight is 345 g/mol. The Bertz CT molecular complexity index is 740. The first kappa shape index (κ1) is 16.7. The Hall–Kier alpha value is -2.20. The minimum Gasteiger partial charge on any atom is -0.495 e. The van der Waals surface area contributed by atoms with Gasteiger partial charge in [0.05, 0.1) is 12.1 Å². The summed E-state index contributed by atoms with van der Waals surface area (Å²) in [6, 6.07) is 13.5. The predicted molar refractivity (Wildman–Crippen MR) is 97.3 cm³/mol. The Morgan fingerprint density at radius 1 is 1.08 bits per heavy atom. The van der Waals surface area contributed by atoms with Gasteiger partial charge >= 0.3 is 0 Å². The molecule has 1 aliphatic rings. The molecule has 0 saturated carbocycles. The van der Waals surface area contributed by atoms with Gasteiger partial charge in [0, 0.05) is 37.4 Å². The molecule has 0 bridgehead atoms. The topological polar surface area (TPSA) is 32.8 Å². The number of nitrogens with zero attached hydrogens (tertiary/aromatic N) is 2. The number of hydrogen-bond acceptors (Lipinski definition) is 3. The monoisotopic (exact) mass is 344 g/mol. The molecule has 1 aliphatic heterocycles. The van der Waals surface area contributed by atoms with Crippen molar-refractivity contribution >= 4 is 23.2 Å². The second-order valence-corrected chi connectivity index (χ2v) is 6.37. The van der Waals surface area contributed by atoms with Crippen LogP contribution in [0.2, 0.25) is 5.02 Å². The first-order valence-corrected chi connectivity index (χ1v) is 8.40. The van der Waals surface area contributed by atoms with Crippen molar-refractivity contribution in [2.45, 2.75) is 6.92 Å². The highest BCUT2D eigenvalue weighted by molar-refractivity contribution is 6.32. The number of amides is 1. The molecule has 4 nitrogen and oxygen atoms in total. The predicted octanol–water partition coefficient (Wildman–Crippen LogP) is 3.62. The summed E-state index contributed by atoms with van der Waals surface area (Å²) in [6.45, 7) is 5.00. The van der Waals surface area contributed by atoms with E-state index < -0.39 is 0 Å². The van der Waals surface area contributed by atoms with Crippen molar-refractivity contribution in [3.05, 3.63) is 58.6 Å². The van der Waals surface area contributed by atoms with Gasteiger partial charge in [-0.25, -0.2) is 0 Å². The zero-order valence-corrected chi connectivity index (χ0v) is 14.7. The van der Waals surface area contributed by atoms with E-state index in [4.69, 9.17) is 16.3 Å². The molecule has 2 aromatic rings. The maximum absolute atomic E-state index is 12.6. The fraction of sp³-hybridized carbons (Fsp3) is 0.316. The molecule has 0 spiro atoms. The number of halogens is 1. The molecular formula is C19H21ClN2O2. The van der Waals surface area contributed by atoms with Crippen molar-refractivity contribution in [2.75, 3.05) is 38.2 Å². The summed E-state index contributed by atoms with van der Waals surface area (Å²) in [5.41, 5.74) is 2.92. The highest BCUT2D eigenvalue weighted by atomic mass is 35.5. The summed E-state index contributed by atoms with van der Waals surface area (Å²) in [7, 11) is 1.61. The summed E-state index contributed by atoms with van der Waals surface area (Å²) in [6.07, 6.45) is 0. The number of hydrogen-bond donors (Lipinski definition) is 0. The second kappa shape index (κ2) is 7.14. The molecular weight excluding hydrogens is 324 g/mol. The maximum atomic E-state index is 12.6. The Kier molecular flexibility index (Phi) is 4.95. The number of rotatable bonds is 3. The average Bonchev–Trinajstić information content (AvgIpc) is 2.61. The molecule has 126 valence electrons. The van der Waals surface area contributed by atoms with Gasteiger partial charge in [-0.3, -0.25) is 4.79 Å². The molecule has 24 heavy (non-hydrogen) atoms. The molecule has 1 heterocycles.